The van der Waals surface area contributed by atoms with E-state index in [1.807, 2.05) is 7.11 Å². The molecule has 0 aromatic rings. The molecule has 3 heteroatoms. The van der Waals surface area contributed by atoms with Gasteiger partial charge in [-0.1, -0.05) is 25.6 Å². The number of rotatable bonds is 6. The molecule has 0 saturated heterocycles. The Bertz CT molecular complexity index is 164. The van der Waals surface area contributed by atoms with E-state index in [0.717, 1.165) is 0 Å². The minimum absolute atomic E-state index is 1.06. The highest BCUT2D eigenvalue weighted by Crippen LogP contribution is 2.20. The predicted molar refractivity (Wildman–Crippen MR) is 66.4 cm³/mol. The van der Waals surface area contributed by atoms with Gasteiger partial charge in [-0.25, -0.2) is 0 Å². The zero-order chi connectivity index (χ0) is 10.5. The van der Waals surface area contributed by atoms with E-state index in [9.17, 15) is 0 Å². The molecule has 0 bridgehead atoms. The van der Waals surface area contributed by atoms with Gasteiger partial charge in [0.1, 0.15) is 0 Å². The third-order valence-electron chi connectivity index (χ3n) is 2.71. The molecule has 0 aliphatic carbocycles. The molecule has 13 heavy (non-hydrogen) atoms. The molecule has 0 N–H and O–H groups in total. The Morgan fingerprint density at radius 3 is 2.08 bits per heavy atom. The van der Waals surface area contributed by atoms with Crippen molar-refractivity contribution in [1.29, 1.82) is 0 Å². The lowest BCUT2D eigenvalue weighted by Crippen LogP contribution is -2.29. The average molecular weight is 216 g/mol. The first-order chi connectivity index (χ1) is 5.83. The van der Waals surface area contributed by atoms with Crippen molar-refractivity contribution in [3.05, 3.63) is 12.3 Å². The molecule has 0 atom stereocenters. The molecule has 78 valence electrons. The van der Waals surface area contributed by atoms with Gasteiger partial charge in [-0.15, -0.1) is 12.3 Å². The Hall–Kier alpha value is 0.134. The normalized spacial score (nSPS) is 13.0. The molecule has 0 aromatic carbocycles. The van der Waals surface area contributed by atoms with Gasteiger partial charge < -0.3 is 4.43 Å². The molecule has 0 unspecified atom stereocenters. The molecule has 0 spiro atoms. The van der Waals surface area contributed by atoms with Crippen LogP contribution in [0.25, 0.3) is 0 Å². The molecule has 0 radical (unpaired) electrons. The maximum Gasteiger partial charge on any atom is 0.186 e. The highest BCUT2D eigenvalue weighted by atomic mass is 28.4. The van der Waals surface area contributed by atoms with Crippen molar-refractivity contribution in [3.63, 3.8) is 0 Å². The van der Waals surface area contributed by atoms with E-state index in [4.69, 9.17) is 4.43 Å². The third kappa shape index (κ3) is 6.24. The maximum atomic E-state index is 5.51. The van der Waals surface area contributed by atoms with E-state index >= 15 is 0 Å². The second-order valence-corrected chi connectivity index (χ2v) is 14.3. The first-order valence-electron chi connectivity index (χ1n) is 5.02. The molecular weight excluding hydrogens is 192 g/mol. The van der Waals surface area contributed by atoms with E-state index in [-0.39, 0.29) is 0 Å². The van der Waals surface area contributed by atoms with Gasteiger partial charge in [0.2, 0.25) is 0 Å². The second-order valence-electron chi connectivity index (χ2n) is 5.01. The second kappa shape index (κ2) is 5.12. The highest BCUT2D eigenvalue weighted by molar-refractivity contribution is 6.82. The summed E-state index contributed by atoms with van der Waals surface area (Å²) in [5, 5.41) is 0. The SMILES string of the molecule is C=C[Si](C)(C)CCC[Si](C)(C)OC. The summed E-state index contributed by atoms with van der Waals surface area (Å²) >= 11 is 0. The first kappa shape index (κ1) is 13.1. The van der Waals surface area contributed by atoms with Crippen LogP contribution >= 0.6 is 0 Å². The fourth-order valence-corrected chi connectivity index (χ4v) is 4.05. The molecule has 0 aliphatic rings. The van der Waals surface area contributed by atoms with Crippen LogP contribution in [0.1, 0.15) is 6.42 Å². The van der Waals surface area contributed by atoms with Gasteiger partial charge in [0.05, 0.1) is 8.07 Å². The summed E-state index contributed by atoms with van der Waals surface area (Å²) in [6, 6.07) is 2.64. The van der Waals surface area contributed by atoms with E-state index < -0.39 is 16.4 Å². The molecule has 0 saturated carbocycles. The van der Waals surface area contributed by atoms with Crippen LogP contribution in [0, 0.1) is 0 Å². The zero-order valence-electron chi connectivity index (χ0n) is 9.81. The summed E-state index contributed by atoms with van der Waals surface area (Å²) in [5.41, 5.74) is 2.19. The molecule has 1 nitrogen and oxygen atoms in total. The van der Waals surface area contributed by atoms with Gasteiger partial charge in [-0.3, -0.25) is 0 Å². The van der Waals surface area contributed by atoms with Crippen LogP contribution in [0.3, 0.4) is 0 Å². The van der Waals surface area contributed by atoms with Crippen molar-refractivity contribution < 1.29 is 4.43 Å². The standard InChI is InChI=1S/C10H24OSi2/c1-7-12(3,4)9-8-10-13(5,6)11-2/h7H,1,8-10H2,2-6H3. The van der Waals surface area contributed by atoms with E-state index in [2.05, 4.69) is 38.5 Å². The minimum Gasteiger partial charge on any atom is -0.420 e. The Balaban J connectivity index is 3.74. The largest absolute Gasteiger partial charge is 0.420 e. The van der Waals surface area contributed by atoms with Crippen LogP contribution in [-0.2, 0) is 4.43 Å². The first-order valence-corrected chi connectivity index (χ1v) is 11.4. The van der Waals surface area contributed by atoms with Crippen LogP contribution in [0.5, 0.6) is 0 Å². The average Bonchev–Trinajstić information content (AvgIpc) is 2.04. The van der Waals surface area contributed by atoms with Crippen molar-refractivity contribution >= 4 is 16.4 Å². The van der Waals surface area contributed by atoms with Gasteiger partial charge in [0.15, 0.2) is 8.32 Å². The Morgan fingerprint density at radius 1 is 1.15 bits per heavy atom. The van der Waals surface area contributed by atoms with Crippen molar-refractivity contribution in [1.82, 2.24) is 0 Å². The van der Waals surface area contributed by atoms with Gasteiger partial charge in [-0.05, 0) is 19.1 Å². The predicted octanol–water partition coefficient (Wildman–Crippen LogP) is 3.66. The molecule has 0 rings (SSSR count). The summed E-state index contributed by atoms with van der Waals surface area (Å²) in [4.78, 5) is 0. The maximum absolute atomic E-state index is 5.51. The Morgan fingerprint density at radius 2 is 1.69 bits per heavy atom. The Labute approximate surface area is 85.3 Å². The molecule has 0 aromatic heterocycles. The third-order valence-corrected chi connectivity index (χ3v) is 8.12. The van der Waals surface area contributed by atoms with Gasteiger partial charge in [-0.2, -0.15) is 0 Å². The molecule has 0 heterocycles. The highest BCUT2D eigenvalue weighted by Gasteiger charge is 2.22. The topological polar surface area (TPSA) is 9.23 Å². The fraction of sp³-hybridized carbons (Fsp3) is 0.800. The zero-order valence-corrected chi connectivity index (χ0v) is 11.8. The molecule has 0 fully saturated rings. The summed E-state index contributed by atoms with van der Waals surface area (Å²) in [6.45, 7) is 13.2. The number of hydrogen-bond donors (Lipinski definition) is 0. The van der Waals surface area contributed by atoms with Crippen molar-refractivity contribution in [3.8, 4) is 0 Å². The Kier molecular flexibility index (Phi) is 5.18. The lowest BCUT2D eigenvalue weighted by Gasteiger charge is -2.22. The lowest BCUT2D eigenvalue weighted by molar-refractivity contribution is 0.403. The number of hydrogen-bond acceptors (Lipinski definition) is 1. The van der Waals surface area contributed by atoms with Crippen molar-refractivity contribution in [2.24, 2.45) is 0 Å². The minimum atomic E-state index is -1.30. The van der Waals surface area contributed by atoms with Crippen LogP contribution < -0.4 is 0 Å². The van der Waals surface area contributed by atoms with Crippen LogP contribution in [0.2, 0.25) is 38.3 Å². The van der Waals surface area contributed by atoms with E-state index in [1.54, 1.807) is 0 Å². The summed E-state index contributed by atoms with van der Waals surface area (Å²) in [6.07, 6.45) is 1.32. The molecular formula is C10H24OSi2. The lowest BCUT2D eigenvalue weighted by atomic mass is 10.6. The van der Waals surface area contributed by atoms with E-state index in [0.29, 0.717) is 0 Å². The fourth-order valence-electron chi connectivity index (χ4n) is 1.17. The van der Waals surface area contributed by atoms with Gasteiger partial charge in [0.25, 0.3) is 0 Å². The van der Waals surface area contributed by atoms with Gasteiger partial charge >= 0.3 is 0 Å². The van der Waals surface area contributed by atoms with Crippen molar-refractivity contribution in [2.75, 3.05) is 7.11 Å². The summed E-state index contributed by atoms with van der Waals surface area (Å²) in [7, 11) is -0.512. The van der Waals surface area contributed by atoms with Crippen molar-refractivity contribution in [2.45, 2.75) is 44.7 Å². The molecule has 0 amide bonds. The van der Waals surface area contributed by atoms with E-state index in [1.165, 1.54) is 18.5 Å². The van der Waals surface area contributed by atoms with Crippen LogP contribution in [0.4, 0.5) is 0 Å². The summed E-state index contributed by atoms with van der Waals surface area (Å²) in [5.74, 6) is 0. The summed E-state index contributed by atoms with van der Waals surface area (Å²) < 4.78 is 5.51. The van der Waals surface area contributed by atoms with Crippen LogP contribution in [-0.4, -0.2) is 23.5 Å². The van der Waals surface area contributed by atoms with Gasteiger partial charge in [0, 0.05) is 7.11 Å². The quantitative estimate of drug-likeness (QED) is 0.616. The molecule has 0 aliphatic heterocycles. The van der Waals surface area contributed by atoms with Crippen LogP contribution in [0.15, 0.2) is 12.3 Å². The smallest absolute Gasteiger partial charge is 0.186 e. The monoisotopic (exact) mass is 216 g/mol.